The SMILES string of the molecule is COc1ccc(OC)c(N2CC(=O)N(c3ccc(Br)cc3)C(/C(C)=C/c3ccccc3)C2=O)c1. The lowest BCUT2D eigenvalue weighted by Crippen LogP contribution is -2.61. The third-order valence-corrected chi connectivity index (χ3v) is 6.26. The Morgan fingerprint density at radius 2 is 1.68 bits per heavy atom. The number of nitrogens with zero attached hydrogens (tertiary/aromatic N) is 2. The molecule has 1 aliphatic rings. The van der Waals surface area contributed by atoms with Crippen molar-refractivity contribution in [2.24, 2.45) is 0 Å². The Balaban J connectivity index is 1.83. The molecule has 0 bridgehead atoms. The van der Waals surface area contributed by atoms with E-state index < -0.39 is 6.04 Å². The van der Waals surface area contributed by atoms with E-state index >= 15 is 0 Å². The highest BCUT2D eigenvalue weighted by Crippen LogP contribution is 2.36. The molecule has 3 aromatic carbocycles. The molecule has 0 saturated carbocycles. The number of ether oxygens (including phenoxy) is 2. The molecule has 3 aromatic rings. The van der Waals surface area contributed by atoms with E-state index in [1.54, 1.807) is 30.2 Å². The van der Waals surface area contributed by atoms with Crippen molar-refractivity contribution in [3.63, 3.8) is 0 Å². The fraction of sp³-hybridized carbons (Fsp3) is 0.185. The minimum absolute atomic E-state index is 0.118. The molecule has 1 saturated heterocycles. The summed E-state index contributed by atoms with van der Waals surface area (Å²) in [5, 5.41) is 0. The van der Waals surface area contributed by atoms with E-state index in [0.29, 0.717) is 22.9 Å². The van der Waals surface area contributed by atoms with Crippen LogP contribution in [0.3, 0.4) is 0 Å². The largest absolute Gasteiger partial charge is 0.497 e. The van der Waals surface area contributed by atoms with Crippen molar-refractivity contribution < 1.29 is 19.1 Å². The van der Waals surface area contributed by atoms with Gasteiger partial charge in [0.2, 0.25) is 5.91 Å². The van der Waals surface area contributed by atoms with Crippen molar-refractivity contribution in [1.82, 2.24) is 0 Å². The van der Waals surface area contributed by atoms with Crippen molar-refractivity contribution >= 4 is 45.2 Å². The van der Waals surface area contributed by atoms with Crippen molar-refractivity contribution in [3.8, 4) is 11.5 Å². The monoisotopic (exact) mass is 520 g/mol. The molecule has 34 heavy (non-hydrogen) atoms. The highest BCUT2D eigenvalue weighted by molar-refractivity contribution is 9.10. The van der Waals surface area contributed by atoms with Crippen LogP contribution < -0.4 is 19.3 Å². The summed E-state index contributed by atoms with van der Waals surface area (Å²) in [5.74, 6) is 0.637. The summed E-state index contributed by atoms with van der Waals surface area (Å²) in [7, 11) is 3.09. The molecule has 6 nitrogen and oxygen atoms in total. The molecule has 1 fully saturated rings. The average Bonchev–Trinajstić information content (AvgIpc) is 2.85. The Hall–Kier alpha value is -3.58. The Morgan fingerprint density at radius 1 is 0.971 bits per heavy atom. The van der Waals surface area contributed by atoms with E-state index in [2.05, 4.69) is 15.9 Å². The van der Waals surface area contributed by atoms with Crippen LogP contribution in [0, 0.1) is 0 Å². The third-order valence-electron chi connectivity index (χ3n) is 5.73. The second kappa shape index (κ2) is 10.1. The molecule has 0 spiro atoms. The van der Waals surface area contributed by atoms with E-state index in [9.17, 15) is 9.59 Å². The number of piperazine rings is 1. The minimum Gasteiger partial charge on any atom is -0.497 e. The third kappa shape index (κ3) is 4.70. The van der Waals surface area contributed by atoms with E-state index in [1.165, 1.54) is 12.0 Å². The lowest BCUT2D eigenvalue weighted by Gasteiger charge is -2.41. The summed E-state index contributed by atoms with van der Waals surface area (Å²) in [4.78, 5) is 30.6. The standard InChI is InChI=1S/C27H25BrN2O4/c1-18(15-19-7-5-4-6-8-19)26-27(32)29(23-16-22(33-2)13-14-24(23)34-3)17-25(31)30(26)21-11-9-20(28)10-12-21/h4-16,26H,17H2,1-3H3/b18-15+. The first kappa shape index (κ1) is 23.6. The quantitative estimate of drug-likeness (QED) is 0.441. The van der Waals surface area contributed by atoms with E-state index in [-0.39, 0.29) is 18.4 Å². The maximum Gasteiger partial charge on any atom is 0.255 e. The molecular formula is C27H25BrN2O4. The Labute approximate surface area is 207 Å². The summed E-state index contributed by atoms with van der Waals surface area (Å²) in [6.07, 6.45) is 1.94. The van der Waals surface area contributed by atoms with Crippen LogP contribution >= 0.6 is 15.9 Å². The van der Waals surface area contributed by atoms with Crippen LogP contribution in [0.4, 0.5) is 11.4 Å². The van der Waals surface area contributed by atoms with Gasteiger partial charge < -0.3 is 9.47 Å². The number of halogens is 1. The number of hydrogen-bond donors (Lipinski definition) is 0. The molecule has 0 aromatic heterocycles. The predicted octanol–water partition coefficient (Wildman–Crippen LogP) is 5.32. The maximum absolute atomic E-state index is 14.0. The van der Waals surface area contributed by atoms with Gasteiger partial charge in [0.05, 0.1) is 19.9 Å². The first-order valence-electron chi connectivity index (χ1n) is 10.8. The van der Waals surface area contributed by atoms with Gasteiger partial charge in [-0.05, 0) is 54.5 Å². The van der Waals surface area contributed by atoms with Crippen LogP contribution in [-0.4, -0.2) is 38.6 Å². The Morgan fingerprint density at radius 3 is 2.32 bits per heavy atom. The second-order valence-electron chi connectivity index (χ2n) is 7.90. The van der Waals surface area contributed by atoms with Crippen LogP contribution in [0.5, 0.6) is 11.5 Å². The number of anilines is 2. The van der Waals surface area contributed by atoms with E-state index in [1.807, 2.05) is 67.6 Å². The van der Waals surface area contributed by atoms with Crippen LogP contribution in [0.1, 0.15) is 12.5 Å². The Bertz CT molecular complexity index is 1230. The van der Waals surface area contributed by atoms with Crippen molar-refractivity contribution in [1.29, 1.82) is 0 Å². The van der Waals surface area contributed by atoms with Gasteiger partial charge in [-0.3, -0.25) is 19.4 Å². The highest BCUT2D eigenvalue weighted by atomic mass is 79.9. The minimum atomic E-state index is -0.821. The van der Waals surface area contributed by atoms with Gasteiger partial charge in [-0.25, -0.2) is 0 Å². The van der Waals surface area contributed by atoms with Gasteiger partial charge in [-0.1, -0.05) is 52.3 Å². The van der Waals surface area contributed by atoms with Crippen molar-refractivity contribution in [3.05, 3.63) is 88.4 Å². The molecule has 1 aliphatic heterocycles. The number of methoxy groups -OCH3 is 2. The molecule has 2 amide bonds. The molecular weight excluding hydrogens is 496 g/mol. The maximum atomic E-state index is 14.0. The summed E-state index contributed by atoms with van der Waals surface area (Å²) < 4.78 is 11.8. The van der Waals surface area contributed by atoms with Crippen molar-refractivity contribution in [2.45, 2.75) is 13.0 Å². The highest BCUT2D eigenvalue weighted by Gasteiger charge is 2.42. The molecule has 0 radical (unpaired) electrons. The van der Waals surface area contributed by atoms with Crippen LogP contribution in [0.2, 0.25) is 0 Å². The first-order chi connectivity index (χ1) is 16.4. The fourth-order valence-electron chi connectivity index (χ4n) is 4.09. The number of carbonyl (C=O) groups excluding carboxylic acids is 2. The predicted molar refractivity (Wildman–Crippen MR) is 137 cm³/mol. The van der Waals surface area contributed by atoms with E-state index in [0.717, 1.165) is 15.6 Å². The number of benzene rings is 3. The smallest absolute Gasteiger partial charge is 0.255 e. The zero-order chi connectivity index (χ0) is 24.2. The van der Waals surface area contributed by atoms with Gasteiger partial charge in [0.1, 0.15) is 24.1 Å². The summed E-state index contributed by atoms with van der Waals surface area (Å²) in [5.41, 5.74) is 2.85. The molecule has 1 heterocycles. The van der Waals surface area contributed by atoms with Gasteiger partial charge in [-0.15, -0.1) is 0 Å². The molecule has 4 rings (SSSR count). The number of amides is 2. The zero-order valence-corrected chi connectivity index (χ0v) is 20.8. The molecule has 174 valence electrons. The van der Waals surface area contributed by atoms with Crippen molar-refractivity contribution in [2.75, 3.05) is 30.6 Å². The average molecular weight is 521 g/mol. The molecule has 0 aliphatic carbocycles. The van der Waals surface area contributed by atoms with Gasteiger partial charge in [0.15, 0.2) is 0 Å². The number of hydrogen-bond acceptors (Lipinski definition) is 4. The molecule has 7 heteroatoms. The second-order valence-corrected chi connectivity index (χ2v) is 8.82. The zero-order valence-electron chi connectivity index (χ0n) is 19.2. The summed E-state index contributed by atoms with van der Waals surface area (Å²) in [6, 6.07) is 21.5. The summed E-state index contributed by atoms with van der Waals surface area (Å²) in [6.45, 7) is 1.76. The van der Waals surface area contributed by atoms with Gasteiger partial charge in [0.25, 0.3) is 5.91 Å². The first-order valence-corrected chi connectivity index (χ1v) is 11.6. The normalized spacial score (nSPS) is 16.6. The lowest BCUT2D eigenvalue weighted by atomic mass is 9.98. The topological polar surface area (TPSA) is 59.1 Å². The van der Waals surface area contributed by atoms with E-state index in [4.69, 9.17) is 9.47 Å². The van der Waals surface area contributed by atoms with Gasteiger partial charge >= 0.3 is 0 Å². The van der Waals surface area contributed by atoms with Crippen LogP contribution in [0.15, 0.2) is 82.8 Å². The lowest BCUT2D eigenvalue weighted by molar-refractivity contribution is -0.127. The molecule has 1 unspecified atom stereocenters. The van der Waals surface area contributed by atoms with Gasteiger partial charge in [-0.2, -0.15) is 0 Å². The molecule has 1 atom stereocenters. The van der Waals surface area contributed by atoms with Crippen LogP contribution in [0.25, 0.3) is 6.08 Å². The number of rotatable bonds is 6. The Kier molecular flexibility index (Phi) is 7.03. The number of carbonyl (C=O) groups is 2. The fourth-order valence-corrected chi connectivity index (χ4v) is 4.35. The summed E-state index contributed by atoms with van der Waals surface area (Å²) >= 11 is 3.44. The van der Waals surface area contributed by atoms with Crippen LogP contribution in [-0.2, 0) is 9.59 Å². The van der Waals surface area contributed by atoms with Gasteiger partial charge in [0, 0.05) is 16.2 Å². The molecule has 0 N–H and O–H groups in total.